The molecule has 32 heavy (non-hydrogen) atoms. The van der Waals surface area contributed by atoms with Crippen LogP contribution in [0, 0.1) is 0 Å². The molecule has 2 aromatic heterocycles. The summed E-state index contributed by atoms with van der Waals surface area (Å²) >= 11 is 5.92. The fourth-order valence-corrected chi connectivity index (χ4v) is 4.05. The maximum absolute atomic E-state index is 12.7. The van der Waals surface area contributed by atoms with E-state index >= 15 is 0 Å². The van der Waals surface area contributed by atoms with Gasteiger partial charge in [0.1, 0.15) is 0 Å². The van der Waals surface area contributed by atoms with Gasteiger partial charge < -0.3 is 14.3 Å². The predicted octanol–water partition coefficient (Wildman–Crippen LogP) is 4.28. The Morgan fingerprint density at radius 3 is 2.53 bits per heavy atom. The van der Waals surface area contributed by atoms with E-state index in [9.17, 15) is 4.79 Å². The predicted molar refractivity (Wildman–Crippen MR) is 123 cm³/mol. The van der Waals surface area contributed by atoms with Crippen LogP contribution in [-0.4, -0.2) is 56.9 Å². The van der Waals surface area contributed by atoms with E-state index in [0.717, 1.165) is 16.5 Å². The number of hydrogen-bond donors (Lipinski definition) is 0. The minimum Gasteiger partial charge on any atom is -0.335 e. The van der Waals surface area contributed by atoms with Gasteiger partial charge in [-0.2, -0.15) is 10.1 Å². The van der Waals surface area contributed by atoms with E-state index in [1.807, 2.05) is 38.9 Å². The molecule has 0 unspecified atom stereocenters. The van der Waals surface area contributed by atoms with Crippen molar-refractivity contribution in [1.29, 1.82) is 0 Å². The van der Waals surface area contributed by atoms with Crippen molar-refractivity contribution in [2.45, 2.75) is 19.9 Å². The summed E-state index contributed by atoms with van der Waals surface area (Å²) in [5.41, 5.74) is 2.56. The normalized spacial score (nSPS) is 14.5. The molecule has 0 aliphatic carbocycles. The summed E-state index contributed by atoms with van der Waals surface area (Å²) < 4.78 is 7.53. The summed E-state index contributed by atoms with van der Waals surface area (Å²) in [5.74, 6) is 0.542. The van der Waals surface area contributed by atoms with Gasteiger partial charge in [-0.1, -0.05) is 28.9 Å². The molecule has 2 aromatic carbocycles. The molecule has 5 rings (SSSR count). The van der Waals surface area contributed by atoms with Crippen LogP contribution < -0.4 is 4.90 Å². The second-order valence-electron chi connectivity index (χ2n) is 8.14. The lowest BCUT2D eigenvalue weighted by Gasteiger charge is -2.33. The Bertz CT molecular complexity index is 1260. The number of piperazine rings is 1. The molecule has 0 spiro atoms. The first-order valence-corrected chi connectivity index (χ1v) is 11.0. The standard InChI is InChI=1S/C23H23ClN6O2/c1-15(2)30-20-13-17(3-4-18(20)14-25-30)21-26-23(32-27-21)29-11-9-28(10-12-29)22(31)16-5-7-19(24)8-6-16/h3-8,13-15H,9-12H2,1-2H3. The second-order valence-corrected chi connectivity index (χ2v) is 8.58. The molecule has 4 aromatic rings. The molecule has 1 aliphatic heterocycles. The highest BCUT2D eigenvalue weighted by molar-refractivity contribution is 6.30. The number of amides is 1. The smallest absolute Gasteiger partial charge is 0.324 e. The van der Waals surface area contributed by atoms with Crippen LogP contribution in [0.3, 0.4) is 0 Å². The molecule has 1 saturated heterocycles. The summed E-state index contributed by atoms with van der Waals surface area (Å²) in [5, 5.41) is 10.3. The monoisotopic (exact) mass is 450 g/mol. The first kappa shape index (κ1) is 20.5. The minimum atomic E-state index is 0.00241. The van der Waals surface area contributed by atoms with Gasteiger partial charge in [0.05, 0.1) is 11.7 Å². The van der Waals surface area contributed by atoms with E-state index in [0.29, 0.717) is 48.6 Å². The van der Waals surface area contributed by atoms with Gasteiger partial charge in [0.25, 0.3) is 5.91 Å². The zero-order chi connectivity index (χ0) is 22.2. The van der Waals surface area contributed by atoms with Crippen molar-refractivity contribution in [3.05, 3.63) is 59.2 Å². The van der Waals surface area contributed by atoms with Crippen LogP contribution in [0.15, 0.2) is 53.2 Å². The lowest BCUT2D eigenvalue weighted by Crippen LogP contribution is -2.48. The molecular formula is C23H23ClN6O2. The summed E-state index contributed by atoms with van der Waals surface area (Å²) in [6.45, 7) is 6.61. The second kappa shape index (κ2) is 8.27. The molecule has 0 bridgehead atoms. The zero-order valence-corrected chi connectivity index (χ0v) is 18.7. The van der Waals surface area contributed by atoms with Gasteiger partial charge in [-0.25, -0.2) is 0 Å². The Kier molecular flexibility index (Phi) is 5.30. The molecule has 1 fully saturated rings. The van der Waals surface area contributed by atoms with Gasteiger partial charge in [0, 0.05) is 53.8 Å². The SMILES string of the molecule is CC(C)n1ncc2ccc(-c3noc(N4CCN(C(=O)c5ccc(Cl)cc5)CC4)n3)cc21. The highest BCUT2D eigenvalue weighted by atomic mass is 35.5. The summed E-state index contributed by atoms with van der Waals surface area (Å²) in [7, 11) is 0. The van der Waals surface area contributed by atoms with E-state index in [1.165, 1.54) is 0 Å². The lowest BCUT2D eigenvalue weighted by atomic mass is 10.1. The Labute approximate surface area is 190 Å². The Hall–Kier alpha value is -3.39. The third kappa shape index (κ3) is 3.82. The number of rotatable bonds is 4. The molecule has 8 nitrogen and oxygen atoms in total. The summed E-state index contributed by atoms with van der Waals surface area (Å²) in [6, 6.07) is 13.7. The van der Waals surface area contributed by atoms with Gasteiger partial charge >= 0.3 is 6.01 Å². The third-order valence-corrected chi connectivity index (χ3v) is 5.94. The average Bonchev–Trinajstić information content (AvgIpc) is 3.46. The van der Waals surface area contributed by atoms with Crippen LogP contribution >= 0.6 is 11.6 Å². The van der Waals surface area contributed by atoms with Crippen molar-refractivity contribution in [2.75, 3.05) is 31.1 Å². The molecule has 164 valence electrons. The van der Waals surface area contributed by atoms with E-state index in [-0.39, 0.29) is 11.9 Å². The number of anilines is 1. The van der Waals surface area contributed by atoms with Gasteiger partial charge in [-0.15, -0.1) is 0 Å². The fraction of sp³-hybridized carbons (Fsp3) is 0.304. The van der Waals surface area contributed by atoms with Crippen LogP contribution in [0.1, 0.15) is 30.2 Å². The van der Waals surface area contributed by atoms with Crippen LogP contribution in [-0.2, 0) is 0 Å². The van der Waals surface area contributed by atoms with Crippen molar-refractivity contribution >= 4 is 34.4 Å². The molecule has 0 radical (unpaired) electrons. The largest absolute Gasteiger partial charge is 0.335 e. The zero-order valence-electron chi connectivity index (χ0n) is 17.9. The number of carbonyl (C=O) groups is 1. The summed E-state index contributed by atoms with van der Waals surface area (Å²) in [6.07, 6.45) is 1.87. The van der Waals surface area contributed by atoms with Crippen molar-refractivity contribution < 1.29 is 9.32 Å². The Morgan fingerprint density at radius 2 is 1.81 bits per heavy atom. The highest BCUT2D eigenvalue weighted by Crippen LogP contribution is 2.26. The van der Waals surface area contributed by atoms with Gasteiger partial charge in [0.15, 0.2) is 0 Å². The number of halogens is 1. The number of aromatic nitrogens is 4. The molecule has 1 amide bonds. The molecular weight excluding hydrogens is 428 g/mol. The first-order chi connectivity index (χ1) is 15.5. The van der Waals surface area contributed by atoms with Gasteiger partial charge in [-0.05, 0) is 44.2 Å². The van der Waals surface area contributed by atoms with Crippen molar-refractivity contribution in [1.82, 2.24) is 24.8 Å². The topological polar surface area (TPSA) is 80.3 Å². The average molecular weight is 451 g/mol. The highest BCUT2D eigenvalue weighted by Gasteiger charge is 2.25. The quantitative estimate of drug-likeness (QED) is 0.461. The maximum Gasteiger partial charge on any atom is 0.324 e. The molecule has 1 aliphatic rings. The fourth-order valence-electron chi connectivity index (χ4n) is 3.93. The molecule has 0 N–H and O–H groups in total. The number of nitrogens with zero attached hydrogens (tertiary/aromatic N) is 6. The Morgan fingerprint density at radius 1 is 1.06 bits per heavy atom. The van der Waals surface area contributed by atoms with E-state index in [2.05, 4.69) is 29.1 Å². The third-order valence-electron chi connectivity index (χ3n) is 5.69. The van der Waals surface area contributed by atoms with Crippen LogP contribution in [0.25, 0.3) is 22.3 Å². The van der Waals surface area contributed by atoms with Crippen molar-refractivity contribution in [3.8, 4) is 11.4 Å². The number of carbonyl (C=O) groups excluding carboxylic acids is 1. The van der Waals surface area contributed by atoms with Crippen LogP contribution in [0.2, 0.25) is 5.02 Å². The van der Waals surface area contributed by atoms with Gasteiger partial charge in [-0.3, -0.25) is 9.48 Å². The number of benzene rings is 2. The summed E-state index contributed by atoms with van der Waals surface area (Å²) in [4.78, 5) is 21.2. The van der Waals surface area contributed by atoms with E-state index < -0.39 is 0 Å². The molecule has 0 saturated carbocycles. The van der Waals surface area contributed by atoms with E-state index in [4.69, 9.17) is 16.1 Å². The van der Waals surface area contributed by atoms with Gasteiger partial charge in [0.2, 0.25) is 5.82 Å². The van der Waals surface area contributed by atoms with E-state index in [1.54, 1.807) is 24.3 Å². The molecule has 0 atom stereocenters. The van der Waals surface area contributed by atoms with Crippen molar-refractivity contribution in [2.24, 2.45) is 0 Å². The number of hydrogen-bond acceptors (Lipinski definition) is 6. The maximum atomic E-state index is 12.7. The van der Waals surface area contributed by atoms with Crippen LogP contribution in [0.5, 0.6) is 0 Å². The number of fused-ring (bicyclic) bond motifs is 1. The Balaban J connectivity index is 1.29. The lowest BCUT2D eigenvalue weighted by molar-refractivity contribution is 0.0744. The first-order valence-electron chi connectivity index (χ1n) is 10.6. The van der Waals surface area contributed by atoms with Crippen molar-refractivity contribution in [3.63, 3.8) is 0 Å². The molecule has 9 heteroatoms. The van der Waals surface area contributed by atoms with Crippen LogP contribution in [0.4, 0.5) is 6.01 Å². The molecule has 3 heterocycles. The minimum absolute atomic E-state index is 0.00241.